The van der Waals surface area contributed by atoms with Gasteiger partial charge in [-0.15, -0.1) is 0 Å². The molecule has 0 spiro atoms. The summed E-state index contributed by atoms with van der Waals surface area (Å²) >= 11 is 0. The molecule has 0 radical (unpaired) electrons. The van der Waals surface area contributed by atoms with Crippen LogP contribution in [0.4, 0.5) is 0 Å². The zero-order valence-electron chi connectivity index (χ0n) is 8.74. The fourth-order valence-electron chi connectivity index (χ4n) is 2.40. The molecule has 2 rings (SSSR count). The molecule has 0 bridgehead atoms. The van der Waals surface area contributed by atoms with E-state index in [1.807, 2.05) is 0 Å². The van der Waals surface area contributed by atoms with Crippen molar-refractivity contribution in [1.82, 2.24) is 5.32 Å². The van der Waals surface area contributed by atoms with Crippen LogP contribution in [0, 0.1) is 0 Å². The molecule has 14 heavy (non-hydrogen) atoms. The van der Waals surface area contributed by atoms with Gasteiger partial charge in [0.15, 0.2) is 0 Å². The molecule has 1 saturated carbocycles. The van der Waals surface area contributed by atoms with Gasteiger partial charge in [-0.1, -0.05) is 19.3 Å². The van der Waals surface area contributed by atoms with E-state index in [-0.39, 0.29) is 6.23 Å². The standard InChI is InChI=1S/C11H21NO2/c13-11-7-6-10(8-12-11)14-9-4-2-1-3-5-9/h9-13H,1-8H2. The van der Waals surface area contributed by atoms with E-state index in [0.29, 0.717) is 12.2 Å². The molecule has 1 aliphatic carbocycles. The first-order valence-corrected chi connectivity index (χ1v) is 5.91. The molecule has 2 aliphatic rings. The zero-order chi connectivity index (χ0) is 9.80. The molecule has 1 heterocycles. The summed E-state index contributed by atoms with van der Waals surface area (Å²) in [5, 5.41) is 12.3. The van der Waals surface area contributed by atoms with Crippen LogP contribution in [0.25, 0.3) is 0 Å². The van der Waals surface area contributed by atoms with Gasteiger partial charge < -0.3 is 9.84 Å². The topological polar surface area (TPSA) is 41.5 Å². The summed E-state index contributed by atoms with van der Waals surface area (Å²) < 4.78 is 6.01. The van der Waals surface area contributed by atoms with Crippen molar-refractivity contribution in [2.24, 2.45) is 0 Å². The van der Waals surface area contributed by atoms with Crippen molar-refractivity contribution in [1.29, 1.82) is 0 Å². The number of rotatable bonds is 2. The summed E-state index contributed by atoms with van der Waals surface area (Å²) in [4.78, 5) is 0. The van der Waals surface area contributed by atoms with Crippen molar-refractivity contribution in [3.05, 3.63) is 0 Å². The molecular weight excluding hydrogens is 178 g/mol. The monoisotopic (exact) mass is 199 g/mol. The molecule has 0 amide bonds. The fourth-order valence-corrected chi connectivity index (χ4v) is 2.40. The highest BCUT2D eigenvalue weighted by Crippen LogP contribution is 2.23. The van der Waals surface area contributed by atoms with E-state index in [1.54, 1.807) is 0 Å². The van der Waals surface area contributed by atoms with Crippen LogP contribution in [0.1, 0.15) is 44.9 Å². The number of aliphatic hydroxyl groups is 1. The summed E-state index contributed by atoms with van der Waals surface area (Å²) in [6, 6.07) is 0. The van der Waals surface area contributed by atoms with Gasteiger partial charge in [-0.2, -0.15) is 0 Å². The predicted molar refractivity (Wildman–Crippen MR) is 55.0 cm³/mol. The minimum Gasteiger partial charge on any atom is -0.379 e. The van der Waals surface area contributed by atoms with Crippen molar-refractivity contribution in [3.63, 3.8) is 0 Å². The zero-order valence-corrected chi connectivity index (χ0v) is 8.74. The lowest BCUT2D eigenvalue weighted by atomic mass is 9.97. The van der Waals surface area contributed by atoms with Crippen LogP contribution in [0.2, 0.25) is 0 Å². The van der Waals surface area contributed by atoms with Gasteiger partial charge >= 0.3 is 0 Å². The van der Waals surface area contributed by atoms with Gasteiger partial charge in [0.2, 0.25) is 0 Å². The Kier molecular flexibility index (Phi) is 3.79. The van der Waals surface area contributed by atoms with E-state index < -0.39 is 0 Å². The molecule has 1 aliphatic heterocycles. The fraction of sp³-hybridized carbons (Fsp3) is 1.00. The minimum atomic E-state index is -0.304. The third-order valence-electron chi connectivity index (χ3n) is 3.28. The first kappa shape index (κ1) is 10.4. The molecule has 2 fully saturated rings. The van der Waals surface area contributed by atoms with Crippen molar-refractivity contribution >= 4 is 0 Å². The van der Waals surface area contributed by atoms with Crippen LogP contribution in [0.3, 0.4) is 0 Å². The second-order valence-electron chi connectivity index (χ2n) is 4.52. The smallest absolute Gasteiger partial charge is 0.105 e. The molecular formula is C11H21NO2. The summed E-state index contributed by atoms with van der Waals surface area (Å²) in [6.07, 6.45) is 8.86. The minimum absolute atomic E-state index is 0.304. The van der Waals surface area contributed by atoms with E-state index >= 15 is 0 Å². The Hall–Kier alpha value is -0.120. The maximum atomic E-state index is 9.27. The molecule has 82 valence electrons. The third kappa shape index (κ3) is 2.94. The molecule has 0 aromatic rings. The predicted octanol–water partition coefficient (Wildman–Crippen LogP) is 1.41. The highest BCUT2D eigenvalue weighted by molar-refractivity contribution is 4.75. The van der Waals surface area contributed by atoms with Gasteiger partial charge in [-0.3, -0.25) is 5.32 Å². The van der Waals surface area contributed by atoms with Crippen molar-refractivity contribution < 1.29 is 9.84 Å². The Bertz CT molecular complexity index is 161. The number of piperidine rings is 1. The average molecular weight is 199 g/mol. The van der Waals surface area contributed by atoms with E-state index in [2.05, 4.69) is 5.32 Å². The summed E-state index contributed by atoms with van der Waals surface area (Å²) in [7, 11) is 0. The van der Waals surface area contributed by atoms with Gasteiger partial charge in [-0.25, -0.2) is 0 Å². The SMILES string of the molecule is OC1CCC(OC2CCCCC2)CN1. The van der Waals surface area contributed by atoms with E-state index in [0.717, 1.165) is 19.4 Å². The first-order chi connectivity index (χ1) is 6.84. The maximum absolute atomic E-state index is 9.27. The normalized spacial score (nSPS) is 35.8. The largest absolute Gasteiger partial charge is 0.379 e. The van der Waals surface area contributed by atoms with Gasteiger partial charge in [0, 0.05) is 6.54 Å². The van der Waals surface area contributed by atoms with Gasteiger partial charge in [0.1, 0.15) is 6.23 Å². The van der Waals surface area contributed by atoms with Crippen LogP contribution in [-0.4, -0.2) is 30.1 Å². The Labute approximate surface area is 85.8 Å². The van der Waals surface area contributed by atoms with Crippen LogP contribution >= 0.6 is 0 Å². The van der Waals surface area contributed by atoms with Crippen LogP contribution in [-0.2, 0) is 4.74 Å². The summed E-state index contributed by atoms with van der Waals surface area (Å²) in [6.45, 7) is 0.817. The van der Waals surface area contributed by atoms with E-state index in [1.165, 1.54) is 32.1 Å². The molecule has 2 N–H and O–H groups in total. The van der Waals surface area contributed by atoms with Gasteiger partial charge in [0.25, 0.3) is 0 Å². The number of ether oxygens (including phenoxy) is 1. The number of hydrogen-bond donors (Lipinski definition) is 2. The lowest BCUT2D eigenvalue weighted by molar-refractivity contribution is -0.0590. The molecule has 1 saturated heterocycles. The maximum Gasteiger partial charge on any atom is 0.105 e. The Balaban J connectivity index is 1.68. The first-order valence-electron chi connectivity index (χ1n) is 5.91. The summed E-state index contributed by atoms with van der Waals surface area (Å²) in [5.41, 5.74) is 0. The number of hydrogen-bond acceptors (Lipinski definition) is 3. The highest BCUT2D eigenvalue weighted by Gasteiger charge is 2.23. The van der Waals surface area contributed by atoms with Crippen LogP contribution < -0.4 is 5.32 Å². The van der Waals surface area contributed by atoms with Crippen molar-refractivity contribution in [3.8, 4) is 0 Å². The summed E-state index contributed by atoms with van der Waals surface area (Å²) in [5.74, 6) is 0. The lowest BCUT2D eigenvalue weighted by Gasteiger charge is -2.31. The highest BCUT2D eigenvalue weighted by atomic mass is 16.5. The molecule has 3 nitrogen and oxygen atoms in total. The second kappa shape index (κ2) is 5.10. The van der Waals surface area contributed by atoms with Crippen molar-refractivity contribution in [2.45, 2.75) is 63.4 Å². The lowest BCUT2D eigenvalue weighted by Crippen LogP contribution is -2.43. The van der Waals surface area contributed by atoms with E-state index in [4.69, 9.17) is 4.74 Å². The Morgan fingerprint density at radius 1 is 0.929 bits per heavy atom. The molecule has 2 unspecified atom stereocenters. The molecule has 0 aromatic carbocycles. The van der Waals surface area contributed by atoms with Gasteiger partial charge in [0.05, 0.1) is 12.2 Å². The molecule has 3 heteroatoms. The van der Waals surface area contributed by atoms with E-state index in [9.17, 15) is 5.11 Å². The van der Waals surface area contributed by atoms with Crippen molar-refractivity contribution in [2.75, 3.05) is 6.54 Å². The quantitative estimate of drug-likeness (QED) is 0.706. The van der Waals surface area contributed by atoms with Crippen LogP contribution in [0.15, 0.2) is 0 Å². The van der Waals surface area contributed by atoms with Gasteiger partial charge in [-0.05, 0) is 25.7 Å². The number of nitrogens with one attached hydrogen (secondary N) is 1. The second-order valence-corrected chi connectivity index (χ2v) is 4.52. The Morgan fingerprint density at radius 3 is 2.36 bits per heavy atom. The average Bonchev–Trinajstić information content (AvgIpc) is 2.23. The molecule has 0 aromatic heterocycles. The number of aliphatic hydroxyl groups excluding tert-OH is 1. The Morgan fingerprint density at radius 2 is 1.71 bits per heavy atom. The van der Waals surface area contributed by atoms with Crippen LogP contribution in [0.5, 0.6) is 0 Å². The third-order valence-corrected chi connectivity index (χ3v) is 3.28. The molecule has 2 atom stereocenters.